The van der Waals surface area contributed by atoms with E-state index >= 15 is 0 Å². The Bertz CT molecular complexity index is 864. The summed E-state index contributed by atoms with van der Waals surface area (Å²) in [6.07, 6.45) is 2.78. The van der Waals surface area contributed by atoms with E-state index in [-0.39, 0.29) is 11.8 Å². The van der Waals surface area contributed by atoms with Crippen LogP contribution in [0.25, 0.3) is 0 Å². The summed E-state index contributed by atoms with van der Waals surface area (Å²) < 4.78 is 0. The fraction of sp³-hybridized carbons (Fsp3) is 0.630. The Morgan fingerprint density at radius 1 is 0.892 bits per heavy atom. The maximum atomic E-state index is 13.3. The van der Waals surface area contributed by atoms with E-state index in [9.17, 15) is 24.3 Å². The summed E-state index contributed by atoms with van der Waals surface area (Å²) in [5, 5.41) is 17.6. The van der Waals surface area contributed by atoms with Gasteiger partial charge in [0.15, 0.2) is 0 Å². The van der Waals surface area contributed by atoms with Crippen molar-refractivity contribution in [2.75, 3.05) is 6.54 Å². The van der Waals surface area contributed by atoms with Gasteiger partial charge < -0.3 is 32.5 Å². The fourth-order valence-corrected chi connectivity index (χ4v) is 3.91. The van der Waals surface area contributed by atoms with Crippen LogP contribution in [0.1, 0.15) is 65.4 Å². The molecule has 8 N–H and O–H groups in total. The maximum absolute atomic E-state index is 13.3. The molecule has 5 unspecified atom stereocenters. The number of hydrogen-bond acceptors (Lipinski definition) is 6. The van der Waals surface area contributed by atoms with Crippen molar-refractivity contribution in [3.8, 4) is 0 Å². The number of aliphatic carboxylic acids is 1. The molecule has 1 aromatic rings. The lowest BCUT2D eigenvalue weighted by Gasteiger charge is -2.27. The summed E-state index contributed by atoms with van der Waals surface area (Å²) in [4.78, 5) is 50.9. The summed E-state index contributed by atoms with van der Waals surface area (Å²) >= 11 is 0. The number of amides is 3. The molecule has 37 heavy (non-hydrogen) atoms. The Labute approximate surface area is 220 Å². The third kappa shape index (κ3) is 11.7. The van der Waals surface area contributed by atoms with Crippen molar-refractivity contribution < 1.29 is 24.3 Å². The van der Waals surface area contributed by atoms with Crippen molar-refractivity contribution in [1.82, 2.24) is 16.0 Å². The summed E-state index contributed by atoms with van der Waals surface area (Å²) in [6, 6.07) is 5.55. The number of carboxylic acid groups (broad SMARTS) is 1. The fourth-order valence-electron chi connectivity index (χ4n) is 3.91. The Morgan fingerprint density at radius 2 is 1.49 bits per heavy atom. The zero-order valence-electron chi connectivity index (χ0n) is 22.5. The Hall–Kier alpha value is -2.98. The first-order valence-electron chi connectivity index (χ1n) is 13.1. The van der Waals surface area contributed by atoms with Gasteiger partial charge >= 0.3 is 5.97 Å². The molecule has 0 radical (unpaired) electrons. The number of carboxylic acids is 1. The highest BCUT2D eigenvalue weighted by Crippen LogP contribution is 2.12. The molecule has 0 aliphatic carbocycles. The number of nitrogens with one attached hydrogen (secondary N) is 3. The lowest BCUT2D eigenvalue weighted by molar-refractivity contribution is -0.144. The van der Waals surface area contributed by atoms with Gasteiger partial charge in [0.1, 0.15) is 18.1 Å². The van der Waals surface area contributed by atoms with Crippen molar-refractivity contribution >= 4 is 23.7 Å². The highest BCUT2D eigenvalue weighted by Gasteiger charge is 2.32. The van der Waals surface area contributed by atoms with Crippen LogP contribution in [0.2, 0.25) is 0 Å². The van der Waals surface area contributed by atoms with Crippen LogP contribution in [0, 0.1) is 11.8 Å². The van der Waals surface area contributed by atoms with Gasteiger partial charge in [-0.3, -0.25) is 14.4 Å². The predicted octanol–water partition coefficient (Wildman–Crippen LogP) is 1.32. The number of carbonyl (C=O) groups excluding carboxylic acids is 3. The Balaban J connectivity index is 2.98. The number of benzene rings is 1. The van der Waals surface area contributed by atoms with Crippen LogP contribution in [0.4, 0.5) is 0 Å². The molecule has 0 spiro atoms. The van der Waals surface area contributed by atoms with E-state index in [1.807, 2.05) is 51.1 Å². The first-order chi connectivity index (χ1) is 17.5. The van der Waals surface area contributed by atoms with Gasteiger partial charge in [0.05, 0.1) is 6.04 Å². The van der Waals surface area contributed by atoms with E-state index in [1.165, 1.54) is 0 Å². The SMILES string of the molecule is CCC(C)C(NC(=O)C(CC(C)C)NC(=O)C(CCCCN)NC(=O)C(N)Cc1ccccc1)C(=O)O. The van der Waals surface area contributed by atoms with E-state index in [0.29, 0.717) is 45.1 Å². The van der Waals surface area contributed by atoms with Gasteiger partial charge in [0.2, 0.25) is 17.7 Å². The lowest BCUT2D eigenvalue weighted by Crippen LogP contribution is -2.58. The zero-order valence-corrected chi connectivity index (χ0v) is 22.5. The molecule has 0 aromatic heterocycles. The Morgan fingerprint density at radius 3 is 2.03 bits per heavy atom. The number of hydrogen-bond donors (Lipinski definition) is 6. The molecule has 208 valence electrons. The molecule has 0 fully saturated rings. The molecule has 5 atom stereocenters. The molecule has 0 bridgehead atoms. The second kappa shape index (κ2) is 16.7. The van der Waals surface area contributed by atoms with Crippen LogP contribution in [-0.4, -0.2) is 59.5 Å². The lowest BCUT2D eigenvalue weighted by atomic mass is 9.97. The first kappa shape index (κ1) is 32.0. The predicted molar refractivity (Wildman–Crippen MR) is 143 cm³/mol. The highest BCUT2D eigenvalue weighted by atomic mass is 16.4. The molecule has 1 aromatic carbocycles. The summed E-state index contributed by atoms with van der Waals surface area (Å²) in [7, 11) is 0. The molecule has 10 nitrogen and oxygen atoms in total. The topological polar surface area (TPSA) is 177 Å². The molecule has 0 aliphatic heterocycles. The number of carbonyl (C=O) groups is 4. The van der Waals surface area contributed by atoms with Gasteiger partial charge in [-0.2, -0.15) is 0 Å². The second-order valence-corrected chi connectivity index (χ2v) is 10.0. The third-order valence-electron chi connectivity index (χ3n) is 6.33. The van der Waals surface area contributed by atoms with Gasteiger partial charge in [-0.25, -0.2) is 4.79 Å². The van der Waals surface area contributed by atoms with E-state index in [4.69, 9.17) is 11.5 Å². The zero-order chi connectivity index (χ0) is 28.0. The van der Waals surface area contributed by atoms with Crippen molar-refractivity contribution in [3.05, 3.63) is 35.9 Å². The average molecular weight is 520 g/mol. The minimum absolute atomic E-state index is 0.0486. The smallest absolute Gasteiger partial charge is 0.326 e. The molecule has 0 saturated heterocycles. The van der Waals surface area contributed by atoms with E-state index in [1.54, 1.807) is 6.92 Å². The van der Waals surface area contributed by atoms with Crippen LogP contribution in [0.3, 0.4) is 0 Å². The molecular formula is C27H45N5O5. The van der Waals surface area contributed by atoms with Gasteiger partial charge in [-0.05, 0) is 56.0 Å². The number of unbranched alkanes of at least 4 members (excludes halogenated alkanes) is 1. The molecule has 3 amide bonds. The second-order valence-electron chi connectivity index (χ2n) is 10.0. The van der Waals surface area contributed by atoms with Gasteiger partial charge in [0, 0.05) is 0 Å². The average Bonchev–Trinajstić information content (AvgIpc) is 2.85. The van der Waals surface area contributed by atoms with E-state index < -0.39 is 47.9 Å². The van der Waals surface area contributed by atoms with Gasteiger partial charge in [-0.15, -0.1) is 0 Å². The van der Waals surface area contributed by atoms with Crippen LogP contribution >= 0.6 is 0 Å². The standard InChI is InChI=1S/C27H45N5O5/c1-5-18(4)23(27(36)37)32-26(35)22(15-17(2)3)31-25(34)21(13-9-10-14-28)30-24(33)20(29)16-19-11-7-6-8-12-19/h6-8,11-12,17-18,20-23H,5,9-10,13-16,28-29H2,1-4H3,(H,30,33)(H,31,34)(H,32,35)(H,36,37). The molecule has 10 heteroatoms. The molecule has 0 aliphatic rings. The summed E-state index contributed by atoms with van der Waals surface area (Å²) in [6.45, 7) is 7.84. The minimum Gasteiger partial charge on any atom is -0.480 e. The first-order valence-corrected chi connectivity index (χ1v) is 13.1. The van der Waals surface area contributed by atoms with Crippen LogP contribution < -0.4 is 27.4 Å². The monoisotopic (exact) mass is 519 g/mol. The third-order valence-corrected chi connectivity index (χ3v) is 6.33. The molecule has 0 saturated carbocycles. The Kier molecular flexibility index (Phi) is 14.5. The van der Waals surface area contributed by atoms with Crippen molar-refractivity contribution in [2.24, 2.45) is 23.3 Å². The normalized spacial score (nSPS) is 15.2. The molecule has 0 heterocycles. The highest BCUT2D eigenvalue weighted by molar-refractivity contribution is 5.94. The minimum atomic E-state index is -1.13. The van der Waals surface area contributed by atoms with Gasteiger partial charge in [-0.1, -0.05) is 64.4 Å². The van der Waals surface area contributed by atoms with Crippen LogP contribution in [0.15, 0.2) is 30.3 Å². The van der Waals surface area contributed by atoms with Gasteiger partial charge in [0.25, 0.3) is 0 Å². The number of rotatable bonds is 17. The van der Waals surface area contributed by atoms with Crippen LogP contribution in [0.5, 0.6) is 0 Å². The summed E-state index contributed by atoms with van der Waals surface area (Å²) in [5.74, 6) is -2.92. The molecular weight excluding hydrogens is 474 g/mol. The van der Waals surface area contributed by atoms with Crippen molar-refractivity contribution in [3.63, 3.8) is 0 Å². The maximum Gasteiger partial charge on any atom is 0.326 e. The van der Waals surface area contributed by atoms with E-state index in [2.05, 4.69) is 16.0 Å². The van der Waals surface area contributed by atoms with Crippen molar-refractivity contribution in [2.45, 2.75) is 90.4 Å². The van der Waals surface area contributed by atoms with Crippen LogP contribution in [-0.2, 0) is 25.6 Å². The number of nitrogens with two attached hydrogens (primary N) is 2. The largest absolute Gasteiger partial charge is 0.480 e. The molecule has 1 rings (SSSR count). The van der Waals surface area contributed by atoms with Crippen molar-refractivity contribution in [1.29, 1.82) is 0 Å². The quantitative estimate of drug-likeness (QED) is 0.168. The van der Waals surface area contributed by atoms with E-state index in [0.717, 1.165) is 5.56 Å². The summed E-state index contributed by atoms with van der Waals surface area (Å²) in [5.41, 5.74) is 12.6.